The van der Waals surface area contributed by atoms with E-state index in [1.54, 1.807) is 6.92 Å². The zero-order valence-electron chi connectivity index (χ0n) is 23.2. The molecule has 0 aliphatic rings. The number of nitrogens with one attached hydrogen (secondary N) is 1. The number of halogens is 9. The Morgan fingerprint density at radius 2 is 1.78 bits per heavy atom. The molecule has 0 saturated heterocycles. The predicted octanol–water partition coefficient (Wildman–Crippen LogP) is 7.13. The lowest BCUT2D eigenvalue weighted by Crippen LogP contribution is -2.51. The molecule has 7 nitrogen and oxygen atoms in total. The molecule has 240 valence electrons. The van der Waals surface area contributed by atoms with Gasteiger partial charge in [-0.1, -0.05) is 11.6 Å². The van der Waals surface area contributed by atoms with E-state index in [0.29, 0.717) is 5.56 Å². The largest absolute Gasteiger partial charge is 0.485 e. The van der Waals surface area contributed by atoms with Gasteiger partial charge in [0.2, 0.25) is 5.60 Å². The standard InChI is InChI=1S/C29H22ClF8N3O4/c1-13-5-16-7-17(9-20(45-27(34)35)23(16)39-10-13)26(42)40-12-28(43,29(36,37)38)21-6-14(2)25(44-11-22(32)33)24(41-21)15-3-4-19(31)18(30)8-15/h3-10,22,27,43H,11-12H2,1-2H3,(H,40,42)/t28-/m0/s1. The van der Waals surface area contributed by atoms with Crippen molar-refractivity contribution >= 4 is 28.4 Å². The molecule has 4 aromatic rings. The summed E-state index contributed by atoms with van der Waals surface area (Å²) in [6.45, 7) is -3.18. The molecule has 45 heavy (non-hydrogen) atoms. The summed E-state index contributed by atoms with van der Waals surface area (Å²) in [5.41, 5.74) is -5.59. The third kappa shape index (κ3) is 7.36. The number of rotatable bonds is 10. The summed E-state index contributed by atoms with van der Waals surface area (Å²) in [6, 6.07) is 7.15. The number of fused-ring (bicyclic) bond motifs is 1. The Bertz CT molecular complexity index is 1740. The van der Waals surface area contributed by atoms with Crippen LogP contribution in [-0.4, -0.2) is 53.3 Å². The van der Waals surface area contributed by atoms with E-state index in [1.165, 1.54) is 25.3 Å². The Kier molecular flexibility index (Phi) is 9.73. The summed E-state index contributed by atoms with van der Waals surface area (Å²) in [7, 11) is 0. The smallest absolute Gasteiger partial charge is 0.424 e. The van der Waals surface area contributed by atoms with Gasteiger partial charge in [-0.2, -0.15) is 22.0 Å². The topological polar surface area (TPSA) is 93.6 Å². The Morgan fingerprint density at radius 1 is 1.07 bits per heavy atom. The van der Waals surface area contributed by atoms with Gasteiger partial charge < -0.3 is 19.9 Å². The first-order valence-corrected chi connectivity index (χ1v) is 13.2. The molecule has 2 N–H and O–H groups in total. The lowest BCUT2D eigenvalue weighted by atomic mass is 9.94. The highest BCUT2D eigenvalue weighted by Gasteiger charge is 2.56. The number of amides is 1. The minimum atomic E-state index is -5.49. The summed E-state index contributed by atoms with van der Waals surface area (Å²) in [6.07, 6.45) is -7.11. The molecule has 0 unspecified atom stereocenters. The summed E-state index contributed by atoms with van der Waals surface area (Å²) >= 11 is 5.82. The maximum atomic E-state index is 14.5. The van der Waals surface area contributed by atoms with Crippen molar-refractivity contribution in [2.45, 2.75) is 38.7 Å². The van der Waals surface area contributed by atoms with Gasteiger partial charge in [0, 0.05) is 22.7 Å². The molecule has 0 saturated carbocycles. The van der Waals surface area contributed by atoms with Gasteiger partial charge in [-0.05, 0) is 67.4 Å². The molecule has 0 radical (unpaired) electrons. The molecule has 1 atom stereocenters. The Balaban J connectivity index is 1.76. The highest BCUT2D eigenvalue weighted by atomic mass is 35.5. The fraction of sp³-hybridized carbons (Fsp3) is 0.276. The second-order valence-corrected chi connectivity index (χ2v) is 10.2. The monoisotopic (exact) mass is 663 g/mol. The number of aromatic nitrogens is 2. The predicted molar refractivity (Wildman–Crippen MR) is 146 cm³/mol. The van der Waals surface area contributed by atoms with E-state index >= 15 is 0 Å². The van der Waals surface area contributed by atoms with Crippen LogP contribution in [0, 0.1) is 19.7 Å². The molecule has 0 spiro atoms. The molecule has 0 aliphatic heterocycles. The van der Waals surface area contributed by atoms with E-state index in [-0.39, 0.29) is 27.8 Å². The van der Waals surface area contributed by atoms with Gasteiger partial charge >= 0.3 is 12.8 Å². The van der Waals surface area contributed by atoms with Crippen LogP contribution in [0.3, 0.4) is 0 Å². The van der Waals surface area contributed by atoms with Gasteiger partial charge in [0.1, 0.15) is 29.4 Å². The van der Waals surface area contributed by atoms with E-state index in [4.69, 9.17) is 16.3 Å². The maximum absolute atomic E-state index is 14.5. The van der Waals surface area contributed by atoms with Gasteiger partial charge in [0.05, 0.1) is 17.3 Å². The van der Waals surface area contributed by atoms with Crippen LogP contribution < -0.4 is 14.8 Å². The van der Waals surface area contributed by atoms with Crippen LogP contribution in [0.1, 0.15) is 27.2 Å². The molecule has 2 heterocycles. The second kappa shape index (κ2) is 13.0. The highest BCUT2D eigenvalue weighted by Crippen LogP contribution is 2.42. The number of carbonyl (C=O) groups is 1. The third-order valence-electron chi connectivity index (χ3n) is 6.47. The summed E-state index contributed by atoms with van der Waals surface area (Å²) in [5, 5.41) is 12.7. The normalized spacial score (nSPS) is 13.3. The first kappa shape index (κ1) is 33.6. The minimum Gasteiger partial charge on any atom is -0.485 e. The number of alkyl halides is 7. The van der Waals surface area contributed by atoms with Crippen molar-refractivity contribution in [3.8, 4) is 22.8 Å². The highest BCUT2D eigenvalue weighted by molar-refractivity contribution is 6.31. The van der Waals surface area contributed by atoms with Crippen molar-refractivity contribution in [3.05, 3.63) is 81.9 Å². The lowest BCUT2D eigenvalue weighted by molar-refractivity contribution is -0.265. The summed E-state index contributed by atoms with van der Waals surface area (Å²) in [5.74, 6) is -3.00. The molecular weight excluding hydrogens is 642 g/mol. The summed E-state index contributed by atoms with van der Waals surface area (Å²) in [4.78, 5) is 20.9. The van der Waals surface area contributed by atoms with E-state index in [2.05, 4.69) is 14.7 Å². The lowest BCUT2D eigenvalue weighted by Gasteiger charge is -2.31. The zero-order valence-corrected chi connectivity index (χ0v) is 23.9. The number of hydrogen-bond acceptors (Lipinski definition) is 6. The fourth-order valence-corrected chi connectivity index (χ4v) is 4.51. The van der Waals surface area contributed by atoms with Crippen molar-refractivity contribution in [2.24, 2.45) is 0 Å². The second-order valence-electron chi connectivity index (χ2n) is 9.81. The van der Waals surface area contributed by atoms with Gasteiger partial charge in [0.15, 0.2) is 5.75 Å². The van der Waals surface area contributed by atoms with Crippen LogP contribution in [0.15, 0.2) is 48.7 Å². The number of pyridine rings is 2. The minimum absolute atomic E-state index is 0.0356. The zero-order chi connectivity index (χ0) is 33.3. The van der Waals surface area contributed by atoms with Crippen molar-refractivity contribution in [1.82, 2.24) is 15.3 Å². The Labute approximate surface area is 254 Å². The van der Waals surface area contributed by atoms with Gasteiger partial charge in [-0.3, -0.25) is 9.78 Å². The van der Waals surface area contributed by atoms with E-state index < -0.39 is 77.4 Å². The number of ether oxygens (including phenoxy) is 2. The van der Waals surface area contributed by atoms with Crippen LogP contribution in [0.2, 0.25) is 5.02 Å². The fourth-order valence-electron chi connectivity index (χ4n) is 4.33. The van der Waals surface area contributed by atoms with Crippen molar-refractivity contribution in [3.63, 3.8) is 0 Å². The number of carbonyl (C=O) groups excluding carboxylic acids is 1. The molecule has 0 aliphatic carbocycles. The Morgan fingerprint density at radius 3 is 2.40 bits per heavy atom. The van der Waals surface area contributed by atoms with E-state index in [0.717, 1.165) is 30.3 Å². The number of benzene rings is 2. The maximum Gasteiger partial charge on any atom is 0.424 e. The first-order valence-electron chi connectivity index (χ1n) is 12.8. The van der Waals surface area contributed by atoms with Crippen molar-refractivity contribution < 1.29 is 54.5 Å². The number of nitrogens with zero attached hydrogens (tertiary/aromatic N) is 2. The molecule has 2 aromatic carbocycles. The molecule has 0 fully saturated rings. The van der Waals surface area contributed by atoms with Gasteiger partial charge in [-0.15, -0.1) is 0 Å². The Hall–Kier alpha value is -4.24. The van der Waals surface area contributed by atoms with Crippen molar-refractivity contribution in [1.29, 1.82) is 0 Å². The van der Waals surface area contributed by atoms with Crippen LogP contribution in [0.25, 0.3) is 22.2 Å². The summed E-state index contributed by atoms with van der Waals surface area (Å²) < 4.78 is 119. The van der Waals surface area contributed by atoms with E-state index in [9.17, 15) is 45.0 Å². The average molecular weight is 664 g/mol. The average Bonchev–Trinajstić information content (AvgIpc) is 2.94. The molecule has 4 rings (SSSR count). The van der Waals surface area contributed by atoms with Crippen LogP contribution in [-0.2, 0) is 5.60 Å². The number of hydrogen-bond donors (Lipinski definition) is 2. The third-order valence-corrected chi connectivity index (χ3v) is 6.76. The van der Waals surface area contributed by atoms with E-state index in [1.807, 2.05) is 5.32 Å². The first-order chi connectivity index (χ1) is 21.0. The molecule has 1 amide bonds. The van der Waals surface area contributed by atoms with Crippen LogP contribution in [0.5, 0.6) is 11.5 Å². The van der Waals surface area contributed by atoms with Crippen molar-refractivity contribution in [2.75, 3.05) is 13.2 Å². The molecule has 0 bridgehead atoms. The van der Waals surface area contributed by atoms with Gasteiger partial charge in [0.25, 0.3) is 12.3 Å². The van der Waals surface area contributed by atoms with Gasteiger partial charge in [-0.25, -0.2) is 18.2 Å². The number of aryl methyl sites for hydroxylation is 2. The number of aliphatic hydroxyl groups is 1. The molecule has 16 heteroatoms. The quantitative estimate of drug-likeness (QED) is 0.175. The van der Waals surface area contributed by atoms with Crippen LogP contribution in [0.4, 0.5) is 35.1 Å². The van der Waals surface area contributed by atoms with Crippen LogP contribution >= 0.6 is 11.6 Å². The molecule has 2 aromatic heterocycles. The molecular formula is C29H22ClF8N3O4. The SMILES string of the molecule is Cc1cnc2c(OC(F)F)cc(C(=O)NC[C@](O)(c3cc(C)c(OCC(F)F)c(-c4ccc(F)c(Cl)c4)n3)C(F)(F)F)cc2c1.